The molecular formula is C90H76N2O. The normalized spacial score (nSPS) is 12.5. The largest absolute Gasteiger partial charge is 0.456 e. The van der Waals surface area contributed by atoms with E-state index in [4.69, 9.17) is 4.42 Å². The monoisotopic (exact) mass is 1200 g/mol. The van der Waals surface area contributed by atoms with Crippen molar-refractivity contribution in [3.05, 3.63) is 314 Å². The molecule has 3 nitrogen and oxygen atoms in total. The van der Waals surface area contributed by atoms with Gasteiger partial charge in [-0.1, -0.05) is 256 Å². The molecule has 0 fully saturated rings. The van der Waals surface area contributed by atoms with E-state index in [9.17, 15) is 0 Å². The number of hydrogen-bond donors (Lipinski definition) is 0. The summed E-state index contributed by atoms with van der Waals surface area (Å²) in [5, 5.41) is 2.17. The third kappa shape index (κ3) is 11.2. The summed E-state index contributed by atoms with van der Waals surface area (Å²) in [6, 6.07) is 111. The average molecular weight is 1200 g/mol. The van der Waals surface area contributed by atoms with Crippen LogP contribution in [0.2, 0.25) is 0 Å². The van der Waals surface area contributed by atoms with Crippen LogP contribution in [-0.2, 0) is 16.2 Å². The molecule has 0 aliphatic carbocycles. The molecule has 0 N–H and O–H groups in total. The molecule has 0 radical (unpaired) electrons. The van der Waals surface area contributed by atoms with Crippen LogP contribution in [0.5, 0.6) is 0 Å². The number of nitrogens with zero attached hydrogens (tertiary/aromatic N) is 2. The molecule has 14 aromatic rings. The molecule has 3 heteroatoms. The lowest BCUT2D eigenvalue weighted by Crippen LogP contribution is -2.20. The van der Waals surface area contributed by atoms with E-state index >= 15 is 0 Å². The first-order chi connectivity index (χ1) is 45.0. The molecule has 93 heavy (non-hydrogen) atoms. The molecule has 452 valence electrons. The van der Waals surface area contributed by atoms with Crippen LogP contribution in [0.25, 0.3) is 111 Å². The predicted octanol–water partition coefficient (Wildman–Crippen LogP) is 26.1. The number of furan rings is 1. The Morgan fingerprint density at radius 1 is 0.215 bits per heavy atom. The molecule has 1 aromatic heterocycles. The maximum atomic E-state index is 6.71. The molecule has 1 aliphatic heterocycles. The molecule has 10 bridgehead atoms. The molecule has 0 saturated heterocycles. The minimum Gasteiger partial charge on any atom is -0.456 e. The number of hydrogen-bond acceptors (Lipinski definition) is 3. The zero-order valence-corrected chi connectivity index (χ0v) is 54.6. The van der Waals surface area contributed by atoms with Crippen LogP contribution < -0.4 is 9.80 Å². The second-order valence-corrected chi connectivity index (χ2v) is 28.2. The SMILES string of the molecule is CC(C)(C)c1cc2cc(c1)N(c1ccc(-c3ccccc3)cc1)c1c(-c3ccccc3)cc(C(C)(C)C)cc1-c1cccc(c1)-c1ccc3oc4ccc(cc4c3c1)-c1cccc(c1)-c1cc(C(C)(C)C)cc(-c3ccccc3)c1N2c1ccc(-c2ccccc2)cc1. The van der Waals surface area contributed by atoms with Gasteiger partial charge >= 0.3 is 0 Å². The number of benzene rings is 13. The molecule has 0 atom stereocenters. The fourth-order valence-corrected chi connectivity index (χ4v) is 13.6. The van der Waals surface area contributed by atoms with Gasteiger partial charge in [-0.05, 0) is 203 Å². The first kappa shape index (κ1) is 58.6. The van der Waals surface area contributed by atoms with E-state index in [1.165, 1.54) is 27.8 Å². The quantitative estimate of drug-likeness (QED) is 0.165. The Hall–Kier alpha value is -10.7. The topological polar surface area (TPSA) is 19.6 Å². The smallest absolute Gasteiger partial charge is 0.135 e. The summed E-state index contributed by atoms with van der Waals surface area (Å²) in [7, 11) is 0. The van der Waals surface area contributed by atoms with Crippen LogP contribution in [0.4, 0.5) is 34.1 Å². The van der Waals surface area contributed by atoms with Crippen molar-refractivity contribution in [2.75, 3.05) is 9.80 Å². The van der Waals surface area contributed by atoms with Crippen LogP contribution in [-0.4, -0.2) is 0 Å². The average Bonchev–Trinajstić information content (AvgIpc) is 1.16. The summed E-state index contributed by atoms with van der Waals surface area (Å²) in [6.45, 7) is 21.1. The minimum absolute atomic E-state index is 0.210. The van der Waals surface area contributed by atoms with Gasteiger partial charge in [0.05, 0.1) is 11.4 Å². The Labute approximate surface area is 548 Å². The predicted molar refractivity (Wildman–Crippen MR) is 396 cm³/mol. The van der Waals surface area contributed by atoms with Gasteiger partial charge in [-0.25, -0.2) is 0 Å². The highest BCUT2D eigenvalue weighted by atomic mass is 16.3. The van der Waals surface area contributed by atoms with E-state index in [1.807, 2.05) is 0 Å². The number of fused-ring (bicyclic) bond motifs is 14. The fourth-order valence-electron chi connectivity index (χ4n) is 13.6. The standard InChI is InChI=1S/C90H76N2O/c1-88(2,3)71-52-76-58-77(53-71)92(75-44-38-62(39-45-75)60-26-16-11-17-27-60)87-79(64-30-20-13-21-31-64)55-73(90(7,8)9)57-81(87)70-35-23-33-66(49-70)68-41-47-85-83(51-68)82-50-67(40-46-84(82)93-85)65-32-22-34-69(48-65)80-56-72(89(4,5)6)54-78(63-28-18-12-19-29-63)86(80)91(76)74-42-36-61(37-43-74)59-24-14-10-15-25-59/h10-58H,1-9H3. The zero-order chi connectivity index (χ0) is 63.8. The number of anilines is 6. The van der Waals surface area contributed by atoms with Crippen molar-refractivity contribution < 1.29 is 4.42 Å². The summed E-state index contributed by atoms with van der Waals surface area (Å²) in [5.74, 6) is 0. The van der Waals surface area contributed by atoms with Gasteiger partial charge in [-0.3, -0.25) is 0 Å². The van der Waals surface area contributed by atoms with Gasteiger partial charge in [0, 0.05) is 55.8 Å². The molecule has 0 spiro atoms. The van der Waals surface area contributed by atoms with Gasteiger partial charge in [0.15, 0.2) is 0 Å². The molecular weight excluding hydrogens is 1130 g/mol. The van der Waals surface area contributed by atoms with Crippen molar-refractivity contribution >= 4 is 56.1 Å². The van der Waals surface area contributed by atoms with Gasteiger partial charge in [-0.2, -0.15) is 0 Å². The Balaban J connectivity index is 1.13. The van der Waals surface area contributed by atoms with Crippen molar-refractivity contribution in [2.24, 2.45) is 0 Å². The molecule has 0 amide bonds. The zero-order valence-electron chi connectivity index (χ0n) is 54.6. The highest BCUT2D eigenvalue weighted by molar-refractivity contribution is 6.09. The maximum Gasteiger partial charge on any atom is 0.135 e. The Bertz CT molecular complexity index is 4790. The van der Waals surface area contributed by atoms with E-state index in [-0.39, 0.29) is 16.2 Å². The van der Waals surface area contributed by atoms with E-state index in [1.54, 1.807) is 0 Å². The van der Waals surface area contributed by atoms with Gasteiger partial charge in [-0.15, -0.1) is 0 Å². The Morgan fingerprint density at radius 3 is 0.849 bits per heavy atom. The molecule has 15 rings (SSSR count). The van der Waals surface area contributed by atoms with E-state index < -0.39 is 0 Å². The second kappa shape index (κ2) is 23.2. The fraction of sp³-hybridized carbons (Fsp3) is 0.133. The van der Waals surface area contributed by atoms with Gasteiger partial charge in [0.2, 0.25) is 0 Å². The summed E-state index contributed by atoms with van der Waals surface area (Å²) in [5.41, 5.74) is 29.1. The highest BCUT2D eigenvalue weighted by Gasteiger charge is 2.32. The van der Waals surface area contributed by atoms with E-state index in [0.29, 0.717) is 0 Å². The molecule has 0 unspecified atom stereocenters. The lowest BCUT2D eigenvalue weighted by Gasteiger charge is -2.36. The molecule has 2 heterocycles. The van der Waals surface area contributed by atoms with Gasteiger partial charge in [0.1, 0.15) is 11.2 Å². The second-order valence-electron chi connectivity index (χ2n) is 28.2. The Morgan fingerprint density at radius 2 is 0.495 bits per heavy atom. The minimum atomic E-state index is -0.315. The summed E-state index contributed by atoms with van der Waals surface area (Å²) in [4.78, 5) is 5.16. The molecule has 1 aliphatic rings. The summed E-state index contributed by atoms with van der Waals surface area (Å²) >= 11 is 0. The summed E-state index contributed by atoms with van der Waals surface area (Å²) < 4.78 is 6.71. The van der Waals surface area contributed by atoms with Crippen molar-refractivity contribution in [3.63, 3.8) is 0 Å². The lowest BCUT2D eigenvalue weighted by atomic mass is 9.81. The van der Waals surface area contributed by atoms with Crippen LogP contribution in [0.15, 0.2) is 302 Å². The molecule has 0 saturated carbocycles. The number of rotatable bonds is 6. The third-order valence-electron chi connectivity index (χ3n) is 18.8. The first-order valence-electron chi connectivity index (χ1n) is 32.7. The Kier molecular flexibility index (Phi) is 14.6. The van der Waals surface area contributed by atoms with Crippen LogP contribution in [0, 0.1) is 0 Å². The first-order valence-corrected chi connectivity index (χ1v) is 32.7. The van der Waals surface area contributed by atoms with E-state index in [2.05, 4.69) is 369 Å². The third-order valence-corrected chi connectivity index (χ3v) is 18.8. The van der Waals surface area contributed by atoms with Crippen molar-refractivity contribution in [1.82, 2.24) is 0 Å². The highest BCUT2D eigenvalue weighted by Crippen LogP contribution is 2.54. The van der Waals surface area contributed by atoms with Crippen LogP contribution in [0.3, 0.4) is 0 Å². The van der Waals surface area contributed by atoms with Crippen molar-refractivity contribution in [2.45, 2.75) is 78.6 Å². The van der Waals surface area contributed by atoms with Crippen LogP contribution in [0.1, 0.15) is 79.0 Å². The molecule has 13 aromatic carbocycles. The van der Waals surface area contributed by atoms with Crippen molar-refractivity contribution in [1.29, 1.82) is 0 Å². The van der Waals surface area contributed by atoms with Gasteiger partial charge < -0.3 is 14.2 Å². The van der Waals surface area contributed by atoms with Crippen LogP contribution >= 0.6 is 0 Å². The van der Waals surface area contributed by atoms with Gasteiger partial charge in [0.25, 0.3) is 0 Å². The van der Waals surface area contributed by atoms with Crippen molar-refractivity contribution in [3.8, 4) is 89.0 Å². The maximum absolute atomic E-state index is 6.71. The summed E-state index contributed by atoms with van der Waals surface area (Å²) in [6.07, 6.45) is 0. The lowest BCUT2D eigenvalue weighted by molar-refractivity contribution is 0.590. The van der Waals surface area contributed by atoms with E-state index in [0.717, 1.165) is 134 Å².